The van der Waals surface area contributed by atoms with Gasteiger partial charge in [-0.25, -0.2) is 0 Å². The normalized spacial score (nSPS) is 11.8. The molecule has 3 rings (SSSR count). The minimum atomic E-state index is -0.606. The molecule has 0 bridgehead atoms. The molecular formula is C21H23N5O2S. The molecule has 1 heterocycles. The molecule has 8 heteroatoms. The number of nitrogens with zero attached hydrogens (tertiary/aromatic N) is 3. The molecule has 1 amide bonds. The molecule has 0 saturated heterocycles. The highest BCUT2D eigenvalue weighted by Crippen LogP contribution is 2.25. The Morgan fingerprint density at radius 1 is 1.14 bits per heavy atom. The number of thioether (sulfide) groups is 1. The summed E-state index contributed by atoms with van der Waals surface area (Å²) in [7, 11) is 0. The Bertz CT molecular complexity index is 1000. The van der Waals surface area contributed by atoms with Crippen LogP contribution in [-0.2, 0) is 11.2 Å². The molecule has 7 nitrogen and oxygen atoms in total. The zero-order valence-corrected chi connectivity index (χ0v) is 17.1. The smallest absolute Gasteiger partial charge is 0.247 e. The maximum absolute atomic E-state index is 12.8. The fourth-order valence-electron chi connectivity index (χ4n) is 2.84. The predicted molar refractivity (Wildman–Crippen MR) is 115 cm³/mol. The van der Waals surface area contributed by atoms with Crippen LogP contribution in [0.1, 0.15) is 35.8 Å². The van der Waals surface area contributed by atoms with E-state index in [1.54, 1.807) is 35.8 Å². The molecule has 3 N–H and O–H groups in total. The van der Waals surface area contributed by atoms with Crippen LogP contribution < -0.4 is 11.1 Å². The topological polar surface area (TPSA) is 103 Å². The van der Waals surface area contributed by atoms with Crippen LogP contribution in [0.3, 0.4) is 0 Å². The SMILES string of the molecule is CC(=O)c1cccc(NC(=O)C(C)n2c(N)nnc2SCCc2ccccc2)c1. The second-order valence-electron chi connectivity index (χ2n) is 6.60. The quantitative estimate of drug-likeness (QED) is 0.435. The van der Waals surface area contributed by atoms with Crippen LogP contribution in [-0.4, -0.2) is 32.2 Å². The number of amides is 1. The summed E-state index contributed by atoms with van der Waals surface area (Å²) in [6.45, 7) is 3.23. The molecule has 0 aliphatic rings. The van der Waals surface area contributed by atoms with Crippen LogP contribution in [0.15, 0.2) is 59.8 Å². The van der Waals surface area contributed by atoms with Crippen molar-refractivity contribution in [2.75, 3.05) is 16.8 Å². The minimum Gasteiger partial charge on any atom is -0.368 e. The summed E-state index contributed by atoms with van der Waals surface area (Å²) in [5.41, 5.74) is 8.30. The Morgan fingerprint density at radius 2 is 1.90 bits per heavy atom. The Hall–Kier alpha value is -3.13. The molecule has 0 fully saturated rings. The number of carbonyl (C=O) groups excluding carboxylic acids is 2. The van der Waals surface area contributed by atoms with Gasteiger partial charge in [-0.2, -0.15) is 0 Å². The van der Waals surface area contributed by atoms with Crippen molar-refractivity contribution in [2.45, 2.75) is 31.5 Å². The third kappa shape index (κ3) is 5.23. The zero-order chi connectivity index (χ0) is 20.8. The fraction of sp³-hybridized carbons (Fsp3) is 0.238. The van der Waals surface area contributed by atoms with Gasteiger partial charge in [-0.3, -0.25) is 14.2 Å². The number of ketones is 1. The van der Waals surface area contributed by atoms with Crippen LogP contribution in [0.5, 0.6) is 0 Å². The van der Waals surface area contributed by atoms with Gasteiger partial charge in [0.05, 0.1) is 0 Å². The van der Waals surface area contributed by atoms with E-state index < -0.39 is 6.04 Å². The summed E-state index contributed by atoms with van der Waals surface area (Å²) < 4.78 is 1.62. The molecule has 0 aliphatic heterocycles. The van der Waals surface area contributed by atoms with Gasteiger partial charge in [-0.05, 0) is 38.0 Å². The van der Waals surface area contributed by atoms with E-state index in [4.69, 9.17) is 5.73 Å². The molecule has 150 valence electrons. The number of nitrogen functional groups attached to an aromatic ring is 1. The van der Waals surface area contributed by atoms with Gasteiger partial charge in [0.25, 0.3) is 0 Å². The first-order chi connectivity index (χ1) is 14.0. The third-order valence-electron chi connectivity index (χ3n) is 4.46. The van der Waals surface area contributed by atoms with E-state index >= 15 is 0 Å². The molecule has 3 aromatic rings. The van der Waals surface area contributed by atoms with Crippen molar-refractivity contribution in [3.8, 4) is 0 Å². The number of anilines is 2. The number of nitrogens with one attached hydrogen (secondary N) is 1. The van der Waals surface area contributed by atoms with Crippen molar-refractivity contribution < 1.29 is 9.59 Å². The fourth-order valence-corrected chi connectivity index (χ4v) is 3.85. The monoisotopic (exact) mass is 409 g/mol. The second kappa shape index (κ2) is 9.38. The van der Waals surface area contributed by atoms with E-state index in [2.05, 4.69) is 27.6 Å². The van der Waals surface area contributed by atoms with E-state index in [1.807, 2.05) is 18.2 Å². The van der Waals surface area contributed by atoms with Crippen molar-refractivity contribution in [1.29, 1.82) is 0 Å². The number of benzene rings is 2. The Kier molecular flexibility index (Phi) is 6.66. The number of aromatic nitrogens is 3. The number of Topliss-reactive ketones (excluding diaryl/α,β-unsaturated/α-hetero) is 1. The number of aryl methyl sites for hydroxylation is 1. The predicted octanol–water partition coefficient (Wildman–Crippen LogP) is 3.60. The lowest BCUT2D eigenvalue weighted by molar-refractivity contribution is -0.118. The molecule has 0 aliphatic carbocycles. The molecule has 0 saturated carbocycles. The van der Waals surface area contributed by atoms with Crippen LogP contribution >= 0.6 is 11.8 Å². The number of nitrogens with two attached hydrogens (primary N) is 1. The standard InChI is InChI=1S/C21H23N5O2S/c1-14(19(28)23-18-10-6-9-17(13-18)15(2)27)26-20(22)24-25-21(26)29-12-11-16-7-4-3-5-8-16/h3-10,13-14H,11-12H2,1-2H3,(H2,22,24)(H,23,28). The van der Waals surface area contributed by atoms with Crippen molar-refractivity contribution in [3.63, 3.8) is 0 Å². The van der Waals surface area contributed by atoms with Gasteiger partial charge in [0.2, 0.25) is 11.9 Å². The summed E-state index contributed by atoms with van der Waals surface area (Å²) in [6, 6.07) is 16.4. The second-order valence-corrected chi connectivity index (χ2v) is 7.66. The van der Waals surface area contributed by atoms with Gasteiger partial charge in [0, 0.05) is 17.0 Å². The van der Waals surface area contributed by atoms with Gasteiger partial charge in [0.1, 0.15) is 6.04 Å². The first-order valence-corrected chi connectivity index (χ1v) is 10.2. The first kappa shape index (κ1) is 20.6. The summed E-state index contributed by atoms with van der Waals surface area (Å²) in [6.07, 6.45) is 0.872. The van der Waals surface area contributed by atoms with Crippen LogP contribution in [0.4, 0.5) is 11.6 Å². The molecule has 0 spiro atoms. The van der Waals surface area contributed by atoms with Crippen LogP contribution in [0.2, 0.25) is 0 Å². The largest absolute Gasteiger partial charge is 0.368 e. The minimum absolute atomic E-state index is 0.0608. The molecule has 0 radical (unpaired) electrons. The number of rotatable bonds is 8. The van der Waals surface area contributed by atoms with Gasteiger partial charge in [-0.15, -0.1) is 10.2 Å². The van der Waals surface area contributed by atoms with E-state index in [1.165, 1.54) is 24.2 Å². The zero-order valence-electron chi connectivity index (χ0n) is 16.3. The average molecular weight is 410 g/mol. The summed E-state index contributed by atoms with van der Waals surface area (Å²) in [4.78, 5) is 24.3. The lowest BCUT2D eigenvalue weighted by Crippen LogP contribution is -2.25. The third-order valence-corrected chi connectivity index (χ3v) is 5.40. The maximum Gasteiger partial charge on any atom is 0.247 e. The maximum atomic E-state index is 12.8. The van der Waals surface area contributed by atoms with Crippen molar-refractivity contribution in [2.24, 2.45) is 0 Å². The molecule has 29 heavy (non-hydrogen) atoms. The summed E-state index contributed by atoms with van der Waals surface area (Å²) in [5, 5.41) is 11.5. The highest BCUT2D eigenvalue weighted by Gasteiger charge is 2.22. The van der Waals surface area contributed by atoms with Gasteiger partial charge in [-0.1, -0.05) is 54.2 Å². The van der Waals surface area contributed by atoms with E-state index in [9.17, 15) is 9.59 Å². The van der Waals surface area contributed by atoms with Gasteiger partial charge in [0.15, 0.2) is 10.9 Å². The van der Waals surface area contributed by atoms with Crippen molar-refractivity contribution in [3.05, 3.63) is 65.7 Å². The summed E-state index contributed by atoms with van der Waals surface area (Å²) in [5.74, 6) is 0.653. The van der Waals surface area contributed by atoms with E-state index in [0.29, 0.717) is 16.4 Å². The molecule has 2 aromatic carbocycles. The Morgan fingerprint density at radius 3 is 2.62 bits per heavy atom. The highest BCUT2D eigenvalue weighted by molar-refractivity contribution is 7.99. The molecule has 1 aromatic heterocycles. The number of hydrogen-bond donors (Lipinski definition) is 2. The molecule has 1 unspecified atom stereocenters. The van der Waals surface area contributed by atoms with Gasteiger partial charge >= 0.3 is 0 Å². The highest BCUT2D eigenvalue weighted by atomic mass is 32.2. The van der Waals surface area contributed by atoms with Crippen molar-refractivity contribution >= 4 is 35.1 Å². The number of hydrogen-bond acceptors (Lipinski definition) is 6. The van der Waals surface area contributed by atoms with Gasteiger partial charge < -0.3 is 11.1 Å². The van der Waals surface area contributed by atoms with E-state index in [0.717, 1.165) is 12.2 Å². The van der Waals surface area contributed by atoms with Crippen molar-refractivity contribution in [1.82, 2.24) is 14.8 Å². The number of carbonyl (C=O) groups is 2. The lowest BCUT2D eigenvalue weighted by atomic mass is 10.1. The Balaban J connectivity index is 1.67. The van der Waals surface area contributed by atoms with Crippen LogP contribution in [0, 0.1) is 0 Å². The molecular weight excluding hydrogens is 386 g/mol. The molecule has 1 atom stereocenters. The van der Waals surface area contributed by atoms with Crippen LogP contribution in [0.25, 0.3) is 0 Å². The Labute approximate surface area is 173 Å². The summed E-state index contributed by atoms with van der Waals surface area (Å²) >= 11 is 1.51. The first-order valence-electron chi connectivity index (χ1n) is 9.24. The average Bonchev–Trinajstić information content (AvgIpc) is 3.08. The lowest BCUT2D eigenvalue weighted by Gasteiger charge is -2.16. The van der Waals surface area contributed by atoms with E-state index in [-0.39, 0.29) is 17.6 Å².